The van der Waals surface area contributed by atoms with Crippen LogP contribution in [-0.2, 0) is 11.4 Å². The lowest BCUT2D eigenvalue weighted by atomic mass is 10.2. The summed E-state index contributed by atoms with van der Waals surface area (Å²) in [5, 5.41) is 4.00. The largest absolute Gasteiger partial charge is 0.490 e. The van der Waals surface area contributed by atoms with Crippen LogP contribution in [-0.4, -0.2) is 23.6 Å². The molecule has 1 aliphatic rings. The molecule has 6 nitrogen and oxygen atoms in total. The van der Waals surface area contributed by atoms with Crippen molar-refractivity contribution in [1.29, 1.82) is 0 Å². The molecule has 0 bridgehead atoms. The first-order valence-electron chi connectivity index (χ1n) is 10.6. The Morgan fingerprint density at radius 1 is 1.00 bits per heavy atom. The third-order valence-electron chi connectivity index (χ3n) is 4.79. The number of carbonyl (C=O) groups is 2. The number of amides is 2. The summed E-state index contributed by atoms with van der Waals surface area (Å²) in [5.41, 5.74) is 2.06. The molecule has 0 saturated carbocycles. The van der Waals surface area contributed by atoms with E-state index >= 15 is 0 Å². The van der Waals surface area contributed by atoms with Crippen molar-refractivity contribution in [2.75, 3.05) is 6.61 Å². The molecule has 1 aliphatic heterocycles. The average molecular weight is 527 g/mol. The Balaban J connectivity index is 1.49. The van der Waals surface area contributed by atoms with E-state index in [1.807, 2.05) is 31.2 Å². The van der Waals surface area contributed by atoms with Crippen LogP contribution in [0.15, 0.2) is 76.6 Å². The van der Waals surface area contributed by atoms with Crippen LogP contribution in [0.2, 0.25) is 10.0 Å². The van der Waals surface area contributed by atoms with E-state index in [1.54, 1.807) is 48.5 Å². The molecule has 0 unspecified atom stereocenters. The minimum Gasteiger partial charge on any atom is -0.490 e. The summed E-state index contributed by atoms with van der Waals surface area (Å²) in [6, 6.07) is 19.2. The molecule has 1 saturated heterocycles. The first-order valence-corrected chi connectivity index (χ1v) is 12.2. The summed E-state index contributed by atoms with van der Waals surface area (Å²) in [5.74, 6) is 0.329. The van der Waals surface area contributed by atoms with Crippen LogP contribution < -0.4 is 14.8 Å². The Kier molecular flexibility index (Phi) is 8.13. The van der Waals surface area contributed by atoms with Gasteiger partial charge in [-0.15, -0.1) is 0 Å². The van der Waals surface area contributed by atoms with Gasteiger partial charge in [-0.05, 0) is 84.4 Å². The number of benzene rings is 3. The first-order chi connectivity index (χ1) is 16.9. The van der Waals surface area contributed by atoms with Gasteiger partial charge in [0.15, 0.2) is 16.7 Å². The molecule has 0 aliphatic carbocycles. The number of amidine groups is 1. The molecule has 0 radical (unpaired) electrons. The smallest absolute Gasteiger partial charge is 0.279 e. The molecule has 2 amide bonds. The van der Waals surface area contributed by atoms with Crippen molar-refractivity contribution in [2.24, 2.45) is 4.99 Å². The van der Waals surface area contributed by atoms with Gasteiger partial charge in [0.2, 0.25) is 0 Å². The van der Waals surface area contributed by atoms with E-state index in [4.69, 9.17) is 32.7 Å². The highest BCUT2D eigenvalue weighted by Crippen LogP contribution is 2.32. The lowest BCUT2D eigenvalue weighted by Gasteiger charge is -2.13. The second-order valence-corrected chi connectivity index (χ2v) is 9.26. The van der Waals surface area contributed by atoms with Gasteiger partial charge in [-0.3, -0.25) is 9.59 Å². The van der Waals surface area contributed by atoms with E-state index < -0.39 is 5.91 Å². The quantitative estimate of drug-likeness (QED) is 0.362. The number of thioether (sulfide) groups is 1. The number of hydrogen-bond donors (Lipinski definition) is 1. The van der Waals surface area contributed by atoms with E-state index in [2.05, 4.69) is 10.3 Å². The SMILES string of the molecule is CCOc1cc(/C=C2\SC(=NC(=O)c3ccc(Cl)cc3)NC2=O)ccc1OCc1cccc(Cl)c1. The van der Waals surface area contributed by atoms with Gasteiger partial charge in [0.25, 0.3) is 11.8 Å². The van der Waals surface area contributed by atoms with E-state index in [1.165, 1.54) is 0 Å². The number of hydrogen-bond acceptors (Lipinski definition) is 5. The summed E-state index contributed by atoms with van der Waals surface area (Å²) in [7, 11) is 0. The molecule has 4 rings (SSSR count). The van der Waals surface area contributed by atoms with E-state index in [-0.39, 0.29) is 11.1 Å². The molecule has 3 aromatic carbocycles. The Hall–Kier alpha value is -3.26. The zero-order valence-electron chi connectivity index (χ0n) is 18.6. The molecule has 0 aromatic heterocycles. The van der Waals surface area contributed by atoms with Gasteiger partial charge < -0.3 is 14.8 Å². The molecule has 0 atom stereocenters. The van der Waals surface area contributed by atoms with Crippen molar-refractivity contribution in [1.82, 2.24) is 5.32 Å². The van der Waals surface area contributed by atoms with Crippen molar-refractivity contribution in [2.45, 2.75) is 13.5 Å². The minimum atomic E-state index is -0.467. The Morgan fingerprint density at radius 2 is 1.80 bits per heavy atom. The second-order valence-electron chi connectivity index (χ2n) is 7.35. The molecular weight excluding hydrogens is 507 g/mol. The fourth-order valence-electron chi connectivity index (χ4n) is 3.17. The summed E-state index contributed by atoms with van der Waals surface area (Å²) in [6.07, 6.45) is 1.71. The maximum Gasteiger partial charge on any atom is 0.279 e. The fraction of sp³-hybridized carbons (Fsp3) is 0.115. The van der Waals surface area contributed by atoms with E-state index in [9.17, 15) is 9.59 Å². The topological polar surface area (TPSA) is 77.0 Å². The predicted molar refractivity (Wildman–Crippen MR) is 140 cm³/mol. The van der Waals surface area contributed by atoms with Crippen LogP contribution >= 0.6 is 35.0 Å². The zero-order valence-corrected chi connectivity index (χ0v) is 20.9. The molecule has 35 heavy (non-hydrogen) atoms. The number of nitrogens with zero attached hydrogens (tertiary/aromatic N) is 1. The van der Waals surface area contributed by atoms with Crippen molar-refractivity contribution in [3.05, 3.63) is 98.4 Å². The van der Waals surface area contributed by atoms with Crippen molar-refractivity contribution in [3.63, 3.8) is 0 Å². The molecular formula is C26H20Cl2N2O4S. The predicted octanol–water partition coefficient (Wildman–Crippen LogP) is 6.37. The number of halogens is 2. The van der Waals surface area contributed by atoms with Gasteiger partial charge in [0, 0.05) is 15.6 Å². The van der Waals surface area contributed by atoms with Crippen LogP contribution in [0.3, 0.4) is 0 Å². The van der Waals surface area contributed by atoms with Gasteiger partial charge >= 0.3 is 0 Å². The van der Waals surface area contributed by atoms with Crippen LogP contribution in [0.25, 0.3) is 6.08 Å². The van der Waals surface area contributed by atoms with Gasteiger partial charge in [-0.1, -0.05) is 41.4 Å². The van der Waals surface area contributed by atoms with Crippen LogP contribution in [0.5, 0.6) is 11.5 Å². The van der Waals surface area contributed by atoms with Crippen LogP contribution in [0.4, 0.5) is 0 Å². The lowest BCUT2D eigenvalue weighted by molar-refractivity contribution is -0.115. The summed E-state index contributed by atoms with van der Waals surface area (Å²) < 4.78 is 11.7. The van der Waals surface area contributed by atoms with Gasteiger partial charge in [0.1, 0.15) is 6.61 Å². The highest BCUT2D eigenvalue weighted by Gasteiger charge is 2.25. The Bertz CT molecular complexity index is 1320. The van der Waals surface area contributed by atoms with Gasteiger partial charge in [-0.25, -0.2) is 0 Å². The first kappa shape index (κ1) is 24.9. The van der Waals surface area contributed by atoms with Gasteiger partial charge in [0.05, 0.1) is 11.5 Å². The highest BCUT2D eigenvalue weighted by atomic mass is 35.5. The lowest BCUT2D eigenvalue weighted by Crippen LogP contribution is -2.20. The van der Waals surface area contributed by atoms with Crippen LogP contribution in [0.1, 0.15) is 28.4 Å². The monoisotopic (exact) mass is 526 g/mol. The summed E-state index contributed by atoms with van der Waals surface area (Å²) in [4.78, 5) is 29.2. The second kappa shape index (κ2) is 11.4. The molecule has 0 spiro atoms. The van der Waals surface area contributed by atoms with Crippen LogP contribution in [0, 0.1) is 0 Å². The van der Waals surface area contributed by atoms with Gasteiger partial charge in [-0.2, -0.15) is 4.99 Å². The summed E-state index contributed by atoms with van der Waals surface area (Å²) >= 11 is 13.0. The number of aliphatic imine (C=N–C) groups is 1. The standard InChI is InChI=1S/C26H20Cl2N2O4S/c1-2-33-22-13-16(6-11-21(22)34-15-17-4-3-5-20(28)12-17)14-23-25(32)30-26(35-23)29-24(31)18-7-9-19(27)10-8-18/h3-14H,2,15H2,1H3,(H,29,30,31,32)/b23-14-. The van der Waals surface area contributed by atoms with Crippen molar-refractivity contribution < 1.29 is 19.1 Å². The molecule has 3 aromatic rings. The normalized spacial score (nSPS) is 15.3. The molecule has 1 heterocycles. The maximum atomic E-state index is 12.4. The molecule has 178 valence electrons. The molecule has 9 heteroatoms. The van der Waals surface area contributed by atoms with E-state index in [0.717, 1.165) is 22.9 Å². The highest BCUT2D eigenvalue weighted by molar-refractivity contribution is 8.18. The zero-order chi connectivity index (χ0) is 24.8. The summed E-state index contributed by atoms with van der Waals surface area (Å²) in [6.45, 7) is 2.67. The number of rotatable bonds is 7. The maximum absolute atomic E-state index is 12.4. The minimum absolute atomic E-state index is 0.215. The molecule has 1 fully saturated rings. The third kappa shape index (κ3) is 6.66. The molecule has 1 N–H and O–H groups in total. The Morgan fingerprint density at radius 3 is 2.54 bits per heavy atom. The Labute approximate surface area is 216 Å². The average Bonchev–Trinajstić information content (AvgIpc) is 3.17. The van der Waals surface area contributed by atoms with Crippen molar-refractivity contribution >= 4 is 58.0 Å². The number of carbonyl (C=O) groups excluding carboxylic acids is 2. The van der Waals surface area contributed by atoms with Crippen molar-refractivity contribution in [3.8, 4) is 11.5 Å². The third-order valence-corrected chi connectivity index (χ3v) is 6.19. The number of ether oxygens (including phenoxy) is 2. The van der Waals surface area contributed by atoms with E-state index in [0.29, 0.717) is 45.2 Å². The fourth-order valence-corrected chi connectivity index (χ4v) is 4.33. The number of nitrogens with one attached hydrogen (secondary N) is 1.